The smallest absolute Gasteiger partial charge is 0.207 e. The molecule has 0 aliphatic rings. The van der Waals surface area contributed by atoms with Crippen molar-refractivity contribution in [1.29, 1.82) is 0 Å². The second-order valence-electron chi connectivity index (χ2n) is 5.50. The summed E-state index contributed by atoms with van der Waals surface area (Å²) in [7, 11) is -3.39. The minimum absolute atomic E-state index is 0.0701. The van der Waals surface area contributed by atoms with Crippen LogP contribution in [0.15, 0.2) is 45.9 Å². The second-order valence-corrected chi connectivity index (χ2v) is 7.29. The fraction of sp³-hybridized carbons (Fsp3) is 0.400. The summed E-state index contributed by atoms with van der Waals surface area (Å²) in [6.07, 6.45) is 0. The highest BCUT2D eigenvalue weighted by molar-refractivity contribution is 7.94. The normalized spacial score (nSPS) is 11.8. The van der Waals surface area contributed by atoms with Crippen molar-refractivity contribution >= 4 is 9.84 Å². The third kappa shape index (κ3) is 3.86. The maximum Gasteiger partial charge on any atom is 0.207 e. The Bertz CT molecular complexity index is 578. The number of aryl methyl sites for hydroxylation is 1. The lowest BCUT2D eigenvalue weighted by atomic mass is 9.88. The van der Waals surface area contributed by atoms with E-state index in [1.54, 1.807) is 24.3 Å². The van der Waals surface area contributed by atoms with E-state index in [1.807, 2.05) is 34.6 Å². The largest absolute Gasteiger partial charge is 0.218 e. The molecule has 1 aromatic rings. The van der Waals surface area contributed by atoms with Crippen LogP contribution in [-0.2, 0) is 9.84 Å². The van der Waals surface area contributed by atoms with Crippen LogP contribution in [0.25, 0.3) is 0 Å². The molecule has 0 saturated heterocycles. The molecule has 0 heterocycles. The van der Waals surface area contributed by atoms with Gasteiger partial charge >= 0.3 is 0 Å². The number of benzene rings is 1. The van der Waals surface area contributed by atoms with E-state index < -0.39 is 9.84 Å². The van der Waals surface area contributed by atoms with Gasteiger partial charge in [-0.05, 0) is 37.0 Å². The molecule has 0 bridgehead atoms. The van der Waals surface area contributed by atoms with Gasteiger partial charge in [0, 0.05) is 0 Å². The Morgan fingerprint density at radius 2 is 1.67 bits per heavy atom. The molecule has 0 aliphatic heterocycles. The zero-order valence-electron chi connectivity index (χ0n) is 11.6. The van der Waals surface area contributed by atoms with E-state index in [4.69, 9.17) is 0 Å². The van der Waals surface area contributed by atoms with Crippen LogP contribution in [0.5, 0.6) is 0 Å². The van der Waals surface area contributed by atoms with Crippen LogP contribution >= 0.6 is 0 Å². The molecule has 1 aromatic carbocycles. The van der Waals surface area contributed by atoms with Gasteiger partial charge in [0.1, 0.15) is 0 Å². The third-order valence-corrected chi connectivity index (χ3v) is 4.26. The molecule has 0 unspecified atom stereocenters. The van der Waals surface area contributed by atoms with Crippen LogP contribution in [0.4, 0.5) is 0 Å². The number of allylic oxidation sites excluding steroid dienone is 1. The third-order valence-electron chi connectivity index (χ3n) is 2.91. The summed E-state index contributed by atoms with van der Waals surface area (Å²) in [5.41, 5.74) is 4.77. The Hall–Kier alpha value is -1.31. The molecule has 0 atom stereocenters. The fourth-order valence-corrected chi connectivity index (χ4v) is 2.16. The highest BCUT2D eigenvalue weighted by atomic mass is 32.2. The van der Waals surface area contributed by atoms with Crippen molar-refractivity contribution in [1.82, 2.24) is 0 Å². The molecule has 0 spiro atoms. The predicted molar refractivity (Wildman–Crippen MR) is 75.1 cm³/mol. The summed E-state index contributed by atoms with van der Waals surface area (Å²) in [5.74, 6) is 0. The van der Waals surface area contributed by atoms with Gasteiger partial charge in [-0.2, -0.15) is 0 Å². The van der Waals surface area contributed by atoms with Crippen LogP contribution < -0.4 is 0 Å². The summed E-state index contributed by atoms with van der Waals surface area (Å²) in [6, 6.07) is 6.83. The first-order valence-electron chi connectivity index (χ1n) is 5.88. The van der Waals surface area contributed by atoms with Crippen LogP contribution in [0.2, 0.25) is 0 Å². The van der Waals surface area contributed by atoms with Gasteiger partial charge in [-0.3, -0.25) is 0 Å². The van der Waals surface area contributed by atoms with Crippen molar-refractivity contribution in [3.8, 4) is 0 Å². The van der Waals surface area contributed by atoms with E-state index in [9.17, 15) is 8.42 Å². The van der Waals surface area contributed by atoms with E-state index in [1.165, 1.54) is 0 Å². The topological polar surface area (TPSA) is 34.1 Å². The average molecular weight is 264 g/mol. The summed E-state index contributed by atoms with van der Waals surface area (Å²) in [6.45, 7) is 9.90. The standard InChI is InChI=1S/C15H20O2S/c1-12-6-8-14(9-7-12)18(16,17)11-10-13(2)15(3,4)5/h6-9,11H,1-5H3. The predicted octanol–water partition coefficient (Wildman–Crippen LogP) is 3.87. The van der Waals surface area contributed by atoms with E-state index in [-0.39, 0.29) is 5.41 Å². The summed E-state index contributed by atoms with van der Waals surface area (Å²) >= 11 is 0. The minimum Gasteiger partial charge on any atom is -0.218 e. The molecular weight excluding hydrogens is 244 g/mol. The number of sulfone groups is 1. The van der Waals surface area contributed by atoms with E-state index >= 15 is 0 Å². The first-order valence-corrected chi connectivity index (χ1v) is 7.43. The molecule has 0 fully saturated rings. The molecular formula is C15H20O2S. The molecule has 0 saturated carbocycles. The summed E-state index contributed by atoms with van der Waals surface area (Å²) in [5, 5.41) is 1.16. The summed E-state index contributed by atoms with van der Waals surface area (Å²) < 4.78 is 24.1. The van der Waals surface area contributed by atoms with Gasteiger partial charge in [0.05, 0.1) is 10.3 Å². The van der Waals surface area contributed by atoms with Crippen molar-refractivity contribution in [3.63, 3.8) is 0 Å². The van der Waals surface area contributed by atoms with Crippen molar-refractivity contribution < 1.29 is 8.42 Å². The average Bonchev–Trinajstić information content (AvgIpc) is 2.25. The SMILES string of the molecule is CC(=C=CS(=O)(=O)c1ccc(C)cc1)C(C)(C)C. The lowest BCUT2D eigenvalue weighted by molar-refractivity contribution is 0.505. The highest BCUT2D eigenvalue weighted by Crippen LogP contribution is 2.23. The van der Waals surface area contributed by atoms with Gasteiger partial charge < -0.3 is 0 Å². The summed E-state index contributed by atoms with van der Waals surface area (Å²) in [4.78, 5) is 0.308. The Morgan fingerprint density at radius 1 is 1.17 bits per heavy atom. The second kappa shape index (κ2) is 5.13. The molecule has 2 nitrogen and oxygen atoms in total. The fourth-order valence-electron chi connectivity index (χ4n) is 1.18. The van der Waals surface area contributed by atoms with Crippen molar-refractivity contribution in [2.75, 3.05) is 0 Å². The Labute approximate surface area is 110 Å². The molecule has 0 amide bonds. The lowest BCUT2D eigenvalue weighted by Gasteiger charge is -2.16. The first kappa shape index (κ1) is 14.7. The Kier molecular flexibility index (Phi) is 4.20. The Balaban J connectivity index is 3.18. The Morgan fingerprint density at radius 3 is 2.11 bits per heavy atom. The van der Waals surface area contributed by atoms with Gasteiger partial charge in [-0.1, -0.05) is 38.5 Å². The van der Waals surface area contributed by atoms with E-state index in [0.717, 1.165) is 16.5 Å². The van der Waals surface area contributed by atoms with Crippen molar-refractivity contribution in [3.05, 3.63) is 46.5 Å². The molecule has 98 valence electrons. The molecule has 1 rings (SSSR count). The number of hydrogen-bond donors (Lipinski definition) is 0. The first-order chi connectivity index (χ1) is 8.13. The van der Waals surface area contributed by atoms with Gasteiger partial charge in [-0.15, -0.1) is 5.73 Å². The zero-order valence-corrected chi connectivity index (χ0v) is 12.4. The van der Waals surface area contributed by atoms with Gasteiger partial charge in [0.25, 0.3) is 0 Å². The molecule has 3 heteroatoms. The van der Waals surface area contributed by atoms with Gasteiger partial charge in [-0.25, -0.2) is 8.42 Å². The molecule has 0 aliphatic carbocycles. The molecule has 0 aromatic heterocycles. The van der Waals surface area contributed by atoms with Gasteiger partial charge in [0.2, 0.25) is 9.84 Å². The quantitative estimate of drug-likeness (QED) is 0.760. The van der Waals surface area contributed by atoms with Gasteiger partial charge in [0.15, 0.2) is 0 Å². The van der Waals surface area contributed by atoms with Crippen molar-refractivity contribution in [2.45, 2.75) is 39.5 Å². The molecule has 18 heavy (non-hydrogen) atoms. The highest BCUT2D eigenvalue weighted by Gasteiger charge is 2.13. The van der Waals surface area contributed by atoms with Crippen LogP contribution in [-0.4, -0.2) is 8.42 Å². The monoisotopic (exact) mass is 264 g/mol. The molecule has 0 N–H and O–H groups in total. The zero-order chi connectivity index (χ0) is 14.0. The van der Waals surface area contributed by atoms with E-state index in [2.05, 4.69) is 5.73 Å². The molecule has 0 radical (unpaired) electrons. The number of hydrogen-bond acceptors (Lipinski definition) is 2. The van der Waals surface area contributed by atoms with E-state index in [0.29, 0.717) is 4.90 Å². The number of rotatable bonds is 2. The van der Waals surface area contributed by atoms with Crippen LogP contribution in [0.1, 0.15) is 33.3 Å². The maximum atomic E-state index is 12.0. The van der Waals surface area contributed by atoms with Crippen LogP contribution in [0, 0.1) is 12.3 Å². The maximum absolute atomic E-state index is 12.0. The minimum atomic E-state index is -3.39. The lowest BCUT2D eigenvalue weighted by Crippen LogP contribution is -2.05. The van der Waals surface area contributed by atoms with Crippen molar-refractivity contribution in [2.24, 2.45) is 5.41 Å². The van der Waals surface area contributed by atoms with Crippen LogP contribution in [0.3, 0.4) is 0 Å².